The van der Waals surface area contributed by atoms with Crippen LogP contribution in [0.5, 0.6) is 0 Å². The summed E-state index contributed by atoms with van der Waals surface area (Å²) in [6, 6.07) is 7.91. The number of aliphatic hydroxyl groups is 1. The highest BCUT2D eigenvalue weighted by molar-refractivity contribution is 5.89. The number of likely N-dealkylation sites (tertiary alicyclic amines) is 1. The summed E-state index contributed by atoms with van der Waals surface area (Å²) in [5, 5.41) is 12.1. The molecule has 1 aromatic rings. The van der Waals surface area contributed by atoms with Crippen LogP contribution in [0.15, 0.2) is 24.3 Å². The highest BCUT2D eigenvalue weighted by atomic mass is 16.3. The number of benzene rings is 1. The van der Waals surface area contributed by atoms with Crippen LogP contribution >= 0.6 is 0 Å². The maximum atomic E-state index is 11.2. The Bertz CT molecular complexity index is 434. The minimum atomic E-state index is -0.0423. The van der Waals surface area contributed by atoms with E-state index in [9.17, 15) is 9.90 Å². The van der Waals surface area contributed by atoms with Crippen molar-refractivity contribution in [3.63, 3.8) is 0 Å². The van der Waals surface area contributed by atoms with Crippen LogP contribution in [-0.4, -0.2) is 35.6 Å². The van der Waals surface area contributed by atoms with Gasteiger partial charge in [-0.15, -0.1) is 0 Å². The molecule has 0 saturated carbocycles. The lowest BCUT2D eigenvalue weighted by Crippen LogP contribution is -2.36. The van der Waals surface area contributed by atoms with Crippen molar-refractivity contribution in [3.05, 3.63) is 29.8 Å². The van der Waals surface area contributed by atoms with E-state index in [1.807, 2.05) is 24.3 Å². The second-order valence-electron chi connectivity index (χ2n) is 5.26. The van der Waals surface area contributed by atoms with Gasteiger partial charge < -0.3 is 10.4 Å². The lowest BCUT2D eigenvalue weighted by atomic mass is 9.98. The molecule has 1 aliphatic heterocycles. The molecule has 4 nitrogen and oxygen atoms in total. The van der Waals surface area contributed by atoms with Gasteiger partial charge in [-0.25, -0.2) is 0 Å². The zero-order valence-corrected chi connectivity index (χ0v) is 11.4. The largest absolute Gasteiger partial charge is 0.396 e. The summed E-state index contributed by atoms with van der Waals surface area (Å²) in [6.45, 7) is 4.62. The topological polar surface area (TPSA) is 52.6 Å². The van der Waals surface area contributed by atoms with Gasteiger partial charge in [-0.3, -0.25) is 9.69 Å². The van der Waals surface area contributed by atoms with Crippen molar-refractivity contribution in [1.82, 2.24) is 4.90 Å². The lowest BCUT2D eigenvalue weighted by molar-refractivity contribution is -0.114. The molecule has 2 rings (SSSR count). The number of carbonyl (C=O) groups excluding carboxylic acids is 1. The normalized spacial score (nSPS) is 20.2. The molecule has 1 heterocycles. The first-order chi connectivity index (χ1) is 9.19. The third-order valence-electron chi connectivity index (χ3n) is 3.58. The Morgan fingerprint density at radius 1 is 1.47 bits per heavy atom. The molecule has 1 aromatic carbocycles. The molecule has 1 atom stereocenters. The van der Waals surface area contributed by atoms with Gasteiger partial charge in [-0.05, 0) is 36.9 Å². The fraction of sp³-hybridized carbons (Fsp3) is 0.533. The maximum Gasteiger partial charge on any atom is 0.221 e. The van der Waals surface area contributed by atoms with E-state index in [1.54, 1.807) is 0 Å². The third-order valence-corrected chi connectivity index (χ3v) is 3.58. The molecule has 0 spiro atoms. The van der Waals surface area contributed by atoms with Gasteiger partial charge in [-0.2, -0.15) is 0 Å². The molecule has 1 fully saturated rings. The molecule has 19 heavy (non-hydrogen) atoms. The third kappa shape index (κ3) is 4.04. The first-order valence-corrected chi connectivity index (χ1v) is 6.87. The second-order valence-corrected chi connectivity index (χ2v) is 5.26. The van der Waals surface area contributed by atoms with Gasteiger partial charge in [0.25, 0.3) is 0 Å². The zero-order chi connectivity index (χ0) is 13.7. The van der Waals surface area contributed by atoms with Crippen LogP contribution in [0.4, 0.5) is 5.69 Å². The van der Waals surface area contributed by atoms with Crippen LogP contribution in [0.1, 0.15) is 25.3 Å². The molecule has 1 saturated heterocycles. The maximum absolute atomic E-state index is 11.2. The van der Waals surface area contributed by atoms with Gasteiger partial charge in [-0.1, -0.05) is 18.2 Å². The number of aliphatic hydroxyl groups excluding tert-OH is 1. The quantitative estimate of drug-likeness (QED) is 0.870. The standard InChI is InChI=1S/C15H22N2O2/c1-12(19)16-15-7-3-2-6-14(15)10-17-8-4-5-13(9-17)11-18/h2-3,6-7,13,18H,4-5,8-11H2,1H3,(H,16,19). The van der Waals surface area contributed by atoms with Crippen LogP contribution in [0.2, 0.25) is 0 Å². The lowest BCUT2D eigenvalue weighted by Gasteiger charge is -2.32. The van der Waals surface area contributed by atoms with Crippen molar-refractivity contribution in [2.75, 3.05) is 25.0 Å². The van der Waals surface area contributed by atoms with E-state index in [-0.39, 0.29) is 12.5 Å². The van der Waals surface area contributed by atoms with Crippen LogP contribution in [0.3, 0.4) is 0 Å². The Balaban J connectivity index is 2.03. The Kier molecular flexibility index (Phi) is 4.93. The number of anilines is 1. The van der Waals surface area contributed by atoms with E-state index < -0.39 is 0 Å². The van der Waals surface area contributed by atoms with Gasteiger partial charge in [0.05, 0.1) is 0 Å². The van der Waals surface area contributed by atoms with E-state index in [0.717, 1.165) is 43.7 Å². The molecule has 0 radical (unpaired) electrons. The van der Waals surface area contributed by atoms with Crippen LogP contribution in [-0.2, 0) is 11.3 Å². The van der Waals surface area contributed by atoms with Gasteiger partial charge >= 0.3 is 0 Å². The van der Waals surface area contributed by atoms with Crippen molar-refractivity contribution in [3.8, 4) is 0 Å². The minimum Gasteiger partial charge on any atom is -0.396 e. The van der Waals surface area contributed by atoms with E-state index in [1.165, 1.54) is 6.92 Å². The second kappa shape index (κ2) is 6.68. The molecule has 0 aromatic heterocycles. The summed E-state index contributed by atoms with van der Waals surface area (Å²) < 4.78 is 0. The van der Waals surface area contributed by atoms with E-state index >= 15 is 0 Å². The fourth-order valence-corrected chi connectivity index (χ4v) is 2.65. The summed E-state index contributed by atoms with van der Waals surface area (Å²) >= 11 is 0. The Hall–Kier alpha value is -1.39. The Morgan fingerprint density at radius 2 is 2.26 bits per heavy atom. The summed E-state index contributed by atoms with van der Waals surface area (Å²) in [4.78, 5) is 13.6. The number of nitrogens with one attached hydrogen (secondary N) is 1. The Labute approximate surface area is 114 Å². The van der Waals surface area contributed by atoms with E-state index in [2.05, 4.69) is 10.2 Å². The first-order valence-electron chi connectivity index (χ1n) is 6.87. The summed E-state index contributed by atoms with van der Waals surface area (Å²) in [7, 11) is 0. The molecular weight excluding hydrogens is 240 g/mol. The highest BCUT2D eigenvalue weighted by Gasteiger charge is 2.19. The number of hydrogen-bond acceptors (Lipinski definition) is 3. The predicted octanol–water partition coefficient (Wildman–Crippen LogP) is 1.85. The number of hydrogen-bond donors (Lipinski definition) is 2. The molecule has 1 unspecified atom stereocenters. The Morgan fingerprint density at radius 3 is 3.00 bits per heavy atom. The molecule has 1 amide bonds. The molecule has 104 valence electrons. The van der Waals surface area contributed by atoms with E-state index in [4.69, 9.17) is 0 Å². The molecule has 0 aliphatic carbocycles. The van der Waals surface area contributed by atoms with Crippen LogP contribution < -0.4 is 5.32 Å². The monoisotopic (exact) mass is 262 g/mol. The SMILES string of the molecule is CC(=O)Nc1ccccc1CN1CCCC(CO)C1. The van der Waals surface area contributed by atoms with Gasteiger partial charge in [0.15, 0.2) is 0 Å². The van der Waals surface area contributed by atoms with Crippen molar-refractivity contribution in [1.29, 1.82) is 0 Å². The summed E-state index contributed by atoms with van der Waals surface area (Å²) in [5.41, 5.74) is 2.03. The van der Waals surface area contributed by atoms with Crippen molar-refractivity contribution < 1.29 is 9.90 Å². The zero-order valence-electron chi connectivity index (χ0n) is 11.4. The minimum absolute atomic E-state index is 0.0423. The number of nitrogens with zero attached hydrogens (tertiary/aromatic N) is 1. The van der Waals surface area contributed by atoms with Gasteiger partial charge in [0.1, 0.15) is 0 Å². The number of carbonyl (C=O) groups is 1. The van der Waals surface area contributed by atoms with E-state index in [0.29, 0.717) is 5.92 Å². The number of rotatable bonds is 4. The first kappa shape index (κ1) is 14.0. The molecule has 1 aliphatic rings. The average molecular weight is 262 g/mol. The summed E-state index contributed by atoms with van der Waals surface area (Å²) in [5.74, 6) is 0.348. The van der Waals surface area contributed by atoms with Crippen molar-refractivity contribution in [2.24, 2.45) is 5.92 Å². The number of amides is 1. The number of para-hydroxylation sites is 1. The smallest absolute Gasteiger partial charge is 0.221 e. The number of piperidine rings is 1. The van der Waals surface area contributed by atoms with Crippen molar-refractivity contribution in [2.45, 2.75) is 26.3 Å². The molecule has 0 bridgehead atoms. The van der Waals surface area contributed by atoms with Crippen LogP contribution in [0.25, 0.3) is 0 Å². The van der Waals surface area contributed by atoms with Gasteiger partial charge in [0, 0.05) is 32.3 Å². The molecule has 4 heteroatoms. The fourth-order valence-electron chi connectivity index (χ4n) is 2.65. The highest BCUT2D eigenvalue weighted by Crippen LogP contribution is 2.21. The van der Waals surface area contributed by atoms with Crippen LogP contribution in [0, 0.1) is 5.92 Å². The average Bonchev–Trinajstić information content (AvgIpc) is 2.41. The molecule has 2 N–H and O–H groups in total. The predicted molar refractivity (Wildman–Crippen MR) is 75.8 cm³/mol. The molecular formula is C15H22N2O2. The van der Waals surface area contributed by atoms with Gasteiger partial charge in [0.2, 0.25) is 5.91 Å². The summed E-state index contributed by atoms with van der Waals surface area (Å²) in [6.07, 6.45) is 2.24. The van der Waals surface area contributed by atoms with Crippen molar-refractivity contribution >= 4 is 11.6 Å².